The van der Waals surface area contributed by atoms with Gasteiger partial charge in [-0.3, -0.25) is 4.79 Å². The second-order valence-electron chi connectivity index (χ2n) is 6.90. The van der Waals surface area contributed by atoms with E-state index in [9.17, 15) is 13.2 Å². The molecule has 1 fully saturated rings. The lowest BCUT2D eigenvalue weighted by molar-refractivity contribution is -0.126. The predicted molar refractivity (Wildman–Crippen MR) is 107 cm³/mol. The number of amides is 1. The Labute approximate surface area is 172 Å². The van der Waals surface area contributed by atoms with Gasteiger partial charge in [-0.25, -0.2) is 13.0 Å². The van der Waals surface area contributed by atoms with Crippen LogP contribution in [0, 0.1) is 5.92 Å². The smallest absolute Gasteiger partial charge is 0.245 e. The first-order chi connectivity index (χ1) is 14.0. The number of piperidine rings is 1. The second-order valence-corrected chi connectivity index (χ2v) is 9.21. The second kappa shape index (κ2) is 8.10. The molecular weight excluding hydrogens is 416 g/mol. The van der Waals surface area contributed by atoms with Gasteiger partial charge in [0, 0.05) is 24.7 Å². The van der Waals surface area contributed by atoms with Crippen molar-refractivity contribution in [3.63, 3.8) is 0 Å². The van der Waals surface area contributed by atoms with Gasteiger partial charge in [-0.1, -0.05) is 35.9 Å². The maximum atomic E-state index is 13.2. The number of hydrogen-bond acceptors (Lipinski definition) is 6. The summed E-state index contributed by atoms with van der Waals surface area (Å²) in [5, 5.41) is 10.9. The number of aromatic nitrogens is 2. The summed E-state index contributed by atoms with van der Waals surface area (Å²) in [7, 11) is -3.83. The Morgan fingerprint density at radius 3 is 2.86 bits per heavy atom. The number of fused-ring (bicyclic) bond motifs is 1. The lowest BCUT2D eigenvalue weighted by Crippen LogP contribution is -2.45. The van der Waals surface area contributed by atoms with Gasteiger partial charge < -0.3 is 5.32 Å². The lowest BCUT2D eigenvalue weighted by atomic mass is 9.99. The number of halogens is 1. The van der Waals surface area contributed by atoms with Crippen LogP contribution in [-0.2, 0) is 21.4 Å². The standard InChI is InChI=1S/C19H19ClN4O4S/c20-15-7-2-1-5-13(15)11-21-19(25)14-6-4-10-24(12-14)29(26,27)17-9-3-8-16-18(17)23-28-22-16/h1-3,5,7-9,14H,4,6,10-12H2,(H,21,25)/t14-/m1/s1. The van der Waals surface area contributed by atoms with Gasteiger partial charge in [0.05, 0.1) is 5.92 Å². The molecule has 3 aromatic rings. The van der Waals surface area contributed by atoms with Gasteiger partial charge in [0.2, 0.25) is 15.9 Å². The van der Waals surface area contributed by atoms with Crippen LogP contribution in [-0.4, -0.2) is 42.0 Å². The normalized spacial score (nSPS) is 18.0. The molecule has 1 saturated heterocycles. The van der Waals surface area contributed by atoms with Crippen molar-refractivity contribution in [1.82, 2.24) is 19.9 Å². The molecular formula is C19H19ClN4O4S. The van der Waals surface area contributed by atoms with Gasteiger partial charge in [-0.15, -0.1) is 0 Å². The molecule has 0 bridgehead atoms. The number of carbonyl (C=O) groups is 1. The largest absolute Gasteiger partial charge is 0.352 e. The summed E-state index contributed by atoms with van der Waals surface area (Å²) >= 11 is 6.13. The highest BCUT2D eigenvalue weighted by Gasteiger charge is 2.34. The minimum absolute atomic E-state index is 0.0355. The number of hydrogen-bond donors (Lipinski definition) is 1. The number of benzene rings is 2. The molecule has 152 valence electrons. The summed E-state index contributed by atoms with van der Waals surface area (Å²) in [5.41, 5.74) is 1.38. The number of nitrogens with one attached hydrogen (secondary N) is 1. The molecule has 0 unspecified atom stereocenters. The third-order valence-electron chi connectivity index (χ3n) is 5.03. The SMILES string of the molecule is O=C(NCc1ccccc1Cl)[C@@H]1CCCN(S(=O)(=O)c2cccc3nonc23)C1. The Morgan fingerprint density at radius 2 is 2.03 bits per heavy atom. The predicted octanol–water partition coefficient (Wildman–Crippen LogP) is 2.59. The molecule has 2 aromatic carbocycles. The van der Waals surface area contributed by atoms with Crippen LogP contribution in [0.2, 0.25) is 5.02 Å². The molecule has 0 spiro atoms. The summed E-state index contributed by atoms with van der Waals surface area (Å²) in [4.78, 5) is 12.7. The molecule has 2 heterocycles. The Bertz CT molecular complexity index is 1150. The molecule has 0 radical (unpaired) electrons. The van der Waals surface area contributed by atoms with Crippen molar-refractivity contribution in [1.29, 1.82) is 0 Å². The van der Waals surface area contributed by atoms with E-state index in [1.54, 1.807) is 18.2 Å². The number of sulfonamides is 1. The Kier molecular flexibility index (Phi) is 5.53. The van der Waals surface area contributed by atoms with Gasteiger partial charge in [0.1, 0.15) is 10.4 Å². The minimum atomic E-state index is -3.83. The third kappa shape index (κ3) is 3.98. The number of carbonyl (C=O) groups excluding carboxylic acids is 1. The van der Waals surface area contributed by atoms with E-state index in [4.69, 9.17) is 11.6 Å². The lowest BCUT2D eigenvalue weighted by Gasteiger charge is -2.31. The van der Waals surface area contributed by atoms with Gasteiger partial charge in [0.15, 0.2) is 5.52 Å². The van der Waals surface area contributed by atoms with Crippen molar-refractivity contribution in [2.45, 2.75) is 24.3 Å². The average Bonchev–Trinajstić information content (AvgIpc) is 3.22. The number of rotatable bonds is 5. The van der Waals surface area contributed by atoms with Crippen molar-refractivity contribution in [2.75, 3.05) is 13.1 Å². The molecule has 1 amide bonds. The van der Waals surface area contributed by atoms with Crippen molar-refractivity contribution in [3.05, 3.63) is 53.1 Å². The van der Waals surface area contributed by atoms with Crippen molar-refractivity contribution in [2.24, 2.45) is 5.92 Å². The Hall–Kier alpha value is -2.49. The van der Waals surface area contributed by atoms with E-state index in [1.165, 1.54) is 10.4 Å². The van der Waals surface area contributed by atoms with E-state index >= 15 is 0 Å². The maximum Gasteiger partial charge on any atom is 0.245 e. The number of nitrogens with zero attached hydrogens (tertiary/aromatic N) is 3. The van der Waals surface area contributed by atoms with Crippen LogP contribution in [0.1, 0.15) is 18.4 Å². The van der Waals surface area contributed by atoms with Crippen LogP contribution in [0.4, 0.5) is 0 Å². The molecule has 1 N–H and O–H groups in total. The fourth-order valence-corrected chi connectivity index (χ4v) is 5.33. The highest BCUT2D eigenvalue weighted by Crippen LogP contribution is 2.27. The Morgan fingerprint density at radius 1 is 1.21 bits per heavy atom. The van der Waals surface area contributed by atoms with Gasteiger partial charge in [-0.2, -0.15) is 4.31 Å². The van der Waals surface area contributed by atoms with E-state index in [0.717, 1.165) is 5.56 Å². The summed E-state index contributed by atoms with van der Waals surface area (Å²) in [6.07, 6.45) is 1.21. The first-order valence-corrected chi connectivity index (χ1v) is 11.0. The quantitative estimate of drug-likeness (QED) is 0.661. The maximum absolute atomic E-state index is 13.2. The third-order valence-corrected chi connectivity index (χ3v) is 7.30. The molecule has 29 heavy (non-hydrogen) atoms. The molecule has 0 saturated carbocycles. The first kappa shape index (κ1) is 19.8. The van der Waals surface area contributed by atoms with Crippen molar-refractivity contribution in [3.8, 4) is 0 Å². The van der Waals surface area contributed by atoms with Gasteiger partial charge in [0.25, 0.3) is 0 Å². The van der Waals surface area contributed by atoms with Crippen molar-refractivity contribution < 1.29 is 17.8 Å². The molecule has 1 aromatic heterocycles. The highest BCUT2D eigenvalue weighted by molar-refractivity contribution is 7.89. The van der Waals surface area contributed by atoms with Crippen LogP contribution >= 0.6 is 11.6 Å². The van der Waals surface area contributed by atoms with Crippen LogP contribution in [0.3, 0.4) is 0 Å². The molecule has 1 aliphatic rings. The van der Waals surface area contributed by atoms with Crippen LogP contribution in [0.25, 0.3) is 11.0 Å². The van der Waals surface area contributed by atoms with Crippen molar-refractivity contribution >= 4 is 38.6 Å². The Balaban J connectivity index is 1.48. The van der Waals surface area contributed by atoms with Crippen LogP contribution in [0.5, 0.6) is 0 Å². The summed E-state index contributed by atoms with van der Waals surface area (Å²) in [6.45, 7) is 0.752. The topological polar surface area (TPSA) is 105 Å². The zero-order valence-corrected chi connectivity index (χ0v) is 17.0. The fraction of sp³-hybridized carbons (Fsp3) is 0.316. The van der Waals surface area contributed by atoms with Crippen LogP contribution in [0.15, 0.2) is 52.0 Å². The van der Waals surface area contributed by atoms with E-state index in [-0.39, 0.29) is 22.9 Å². The molecule has 1 aliphatic heterocycles. The summed E-state index contributed by atoms with van der Waals surface area (Å²) in [5.74, 6) is -0.623. The fourth-order valence-electron chi connectivity index (χ4n) is 3.47. The molecule has 8 nitrogen and oxygen atoms in total. The zero-order valence-electron chi connectivity index (χ0n) is 15.4. The minimum Gasteiger partial charge on any atom is -0.352 e. The van der Waals surface area contributed by atoms with Gasteiger partial charge in [-0.05, 0) is 46.9 Å². The van der Waals surface area contributed by atoms with E-state index in [0.29, 0.717) is 36.5 Å². The summed E-state index contributed by atoms with van der Waals surface area (Å²) < 4.78 is 32.3. The monoisotopic (exact) mass is 434 g/mol. The first-order valence-electron chi connectivity index (χ1n) is 9.19. The van der Waals surface area contributed by atoms with Crippen LogP contribution < -0.4 is 5.32 Å². The summed E-state index contributed by atoms with van der Waals surface area (Å²) in [6, 6.07) is 12.0. The van der Waals surface area contributed by atoms with E-state index < -0.39 is 15.9 Å². The molecule has 0 aliphatic carbocycles. The molecule has 1 atom stereocenters. The van der Waals surface area contributed by atoms with E-state index in [1.807, 2.05) is 18.2 Å². The van der Waals surface area contributed by atoms with Gasteiger partial charge >= 0.3 is 0 Å². The average molecular weight is 435 g/mol. The molecule has 10 heteroatoms. The molecule has 4 rings (SSSR count). The van der Waals surface area contributed by atoms with E-state index in [2.05, 4.69) is 20.3 Å². The highest BCUT2D eigenvalue weighted by atomic mass is 35.5. The zero-order chi connectivity index (χ0) is 20.4.